The van der Waals surface area contributed by atoms with Crippen molar-refractivity contribution in [1.29, 1.82) is 0 Å². The average Bonchev–Trinajstić information content (AvgIpc) is 3.34. The molecule has 3 amide bonds. The molecule has 9 heteroatoms. The van der Waals surface area contributed by atoms with Crippen molar-refractivity contribution in [3.63, 3.8) is 0 Å². The van der Waals surface area contributed by atoms with Gasteiger partial charge in [-0.05, 0) is 35.9 Å². The van der Waals surface area contributed by atoms with Gasteiger partial charge in [0.15, 0.2) is 11.5 Å². The number of nitrogens with zero attached hydrogens (tertiary/aromatic N) is 2. The molecule has 2 saturated heterocycles. The van der Waals surface area contributed by atoms with Crippen molar-refractivity contribution in [2.75, 3.05) is 31.7 Å². The van der Waals surface area contributed by atoms with Crippen molar-refractivity contribution in [2.24, 2.45) is 0 Å². The predicted octanol–water partition coefficient (Wildman–Crippen LogP) is 2.51. The second-order valence-corrected chi connectivity index (χ2v) is 7.98. The summed E-state index contributed by atoms with van der Waals surface area (Å²) >= 11 is 0. The number of hydrogen-bond donors (Lipinski definition) is 2. The number of hydrogen-bond acceptors (Lipinski definition) is 5. The number of fused-ring (bicyclic) bond motifs is 1. The first-order valence-electron chi connectivity index (χ1n) is 10.3. The Kier molecular flexibility index (Phi) is 4.90. The van der Waals surface area contributed by atoms with Gasteiger partial charge in [-0.1, -0.05) is 12.1 Å². The van der Waals surface area contributed by atoms with Gasteiger partial charge in [-0.3, -0.25) is 10.1 Å². The molecule has 8 nitrogen and oxygen atoms in total. The maximum absolute atomic E-state index is 13.4. The van der Waals surface area contributed by atoms with Crippen LogP contribution in [-0.2, 0) is 11.3 Å². The highest BCUT2D eigenvalue weighted by molar-refractivity contribution is 5.89. The molecule has 2 N–H and O–H groups in total. The highest BCUT2D eigenvalue weighted by atomic mass is 19.1. The minimum absolute atomic E-state index is 0.0373. The molecule has 1 spiro atoms. The van der Waals surface area contributed by atoms with Crippen molar-refractivity contribution in [1.82, 2.24) is 15.1 Å². The van der Waals surface area contributed by atoms with E-state index in [0.29, 0.717) is 49.7 Å². The Morgan fingerprint density at radius 3 is 2.74 bits per heavy atom. The van der Waals surface area contributed by atoms with Crippen molar-refractivity contribution >= 4 is 17.6 Å². The molecule has 0 radical (unpaired) electrons. The van der Waals surface area contributed by atoms with Crippen LogP contribution in [0.3, 0.4) is 0 Å². The molecule has 0 bridgehead atoms. The monoisotopic (exact) mass is 426 g/mol. The van der Waals surface area contributed by atoms with Crippen LogP contribution in [0.4, 0.5) is 14.9 Å². The molecule has 162 valence electrons. The largest absolute Gasteiger partial charge is 0.454 e. The lowest BCUT2D eigenvalue weighted by molar-refractivity contribution is -0.132. The number of rotatable bonds is 3. The summed E-state index contributed by atoms with van der Waals surface area (Å²) in [4.78, 5) is 28.8. The van der Waals surface area contributed by atoms with Crippen LogP contribution in [0.15, 0.2) is 42.5 Å². The highest BCUT2D eigenvalue weighted by Gasteiger charge is 2.47. The number of carbonyl (C=O) groups is 2. The zero-order valence-electron chi connectivity index (χ0n) is 16.9. The molecule has 3 heterocycles. The Morgan fingerprint density at radius 1 is 1.13 bits per heavy atom. The van der Waals surface area contributed by atoms with Gasteiger partial charge in [-0.25, -0.2) is 9.18 Å². The summed E-state index contributed by atoms with van der Waals surface area (Å²) < 4.78 is 24.2. The summed E-state index contributed by atoms with van der Waals surface area (Å²) in [7, 11) is 0. The zero-order chi connectivity index (χ0) is 21.4. The van der Waals surface area contributed by atoms with Crippen LogP contribution in [0.5, 0.6) is 11.5 Å². The molecule has 0 unspecified atom stereocenters. The smallest absolute Gasteiger partial charge is 0.321 e. The van der Waals surface area contributed by atoms with Gasteiger partial charge in [0.25, 0.3) is 0 Å². The first-order valence-corrected chi connectivity index (χ1v) is 10.3. The van der Waals surface area contributed by atoms with E-state index in [9.17, 15) is 14.0 Å². The van der Waals surface area contributed by atoms with Crippen molar-refractivity contribution in [3.8, 4) is 11.5 Å². The number of ether oxygens (including phenoxy) is 2. The first-order chi connectivity index (χ1) is 15.0. The Bertz CT molecular complexity index is 1020. The second kappa shape index (κ2) is 7.73. The van der Waals surface area contributed by atoms with Crippen LogP contribution < -0.4 is 20.1 Å². The molecule has 2 fully saturated rings. The SMILES string of the molecule is O=C(Nc1cccc(F)c1)N1CCC2(CC1)NCC(=O)N2Cc1ccc2c(c1)OCO2. The average molecular weight is 426 g/mol. The lowest BCUT2D eigenvalue weighted by Gasteiger charge is -2.44. The topological polar surface area (TPSA) is 83.1 Å². The van der Waals surface area contributed by atoms with Gasteiger partial charge >= 0.3 is 6.03 Å². The summed E-state index contributed by atoms with van der Waals surface area (Å²) in [6.45, 7) is 1.91. The molecule has 0 atom stereocenters. The molecule has 3 aliphatic rings. The van der Waals surface area contributed by atoms with E-state index in [1.54, 1.807) is 17.0 Å². The second-order valence-electron chi connectivity index (χ2n) is 7.98. The molecule has 2 aromatic carbocycles. The van der Waals surface area contributed by atoms with Crippen molar-refractivity contribution in [3.05, 3.63) is 53.8 Å². The van der Waals surface area contributed by atoms with Crippen molar-refractivity contribution < 1.29 is 23.5 Å². The third-order valence-electron chi connectivity index (χ3n) is 6.12. The number of benzene rings is 2. The van der Waals surface area contributed by atoms with E-state index in [2.05, 4.69) is 10.6 Å². The number of carbonyl (C=O) groups excluding carboxylic acids is 2. The minimum Gasteiger partial charge on any atom is -0.454 e. The molecule has 31 heavy (non-hydrogen) atoms. The third kappa shape index (κ3) is 3.76. The van der Waals surface area contributed by atoms with Crippen LogP contribution in [0.25, 0.3) is 0 Å². The molecule has 5 rings (SSSR count). The third-order valence-corrected chi connectivity index (χ3v) is 6.12. The lowest BCUT2D eigenvalue weighted by Crippen LogP contribution is -2.59. The number of piperidine rings is 1. The van der Waals surface area contributed by atoms with Crippen LogP contribution in [0.1, 0.15) is 18.4 Å². The fourth-order valence-electron chi connectivity index (χ4n) is 4.43. The number of urea groups is 1. The Balaban J connectivity index is 1.25. The Labute approximate surface area is 178 Å². The van der Waals surface area contributed by atoms with Gasteiger partial charge in [0.2, 0.25) is 12.7 Å². The van der Waals surface area contributed by atoms with Crippen molar-refractivity contribution in [2.45, 2.75) is 25.0 Å². The summed E-state index contributed by atoms with van der Waals surface area (Å²) in [6, 6.07) is 11.3. The number of amides is 3. The summed E-state index contributed by atoms with van der Waals surface area (Å²) in [6.07, 6.45) is 1.22. The van der Waals surface area contributed by atoms with Gasteiger partial charge in [0, 0.05) is 38.2 Å². The van der Waals surface area contributed by atoms with Gasteiger partial charge < -0.3 is 24.6 Å². The quantitative estimate of drug-likeness (QED) is 0.788. The van der Waals surface area contributed by atoms with E-state index in [1.165, 1.54) is 12.1 Å². The molecule has 2 aromatic rings. The summed E-state index contributed by atoms with van der Waals surface area (Å²) in [5.74, 6) is 1.04. The van der Waals surface area contributed by atoms with Crippen LogP contribution in [0, 0.1) is 5.82 Å². The van der Waals surface area contributed by atoms with Crippen LogP contribution in [0.2, 0.25) is 0 Å². The Hall–Kier alpha value is -3.33. The standard InChI is InChI=1S/C22H23FN4O4/c23-16-2-1-3-17(11-16)25-21(29)26-8-6-22(7-9-26)24-12-20(28)27(22)13-15-4-5-18-19(10-15)31-14-30-18/h1-5,10-11,24H,6-9,12-14H2,(H,25,29). The minimum atomic E-state index is -0.483. The number of nitrogens with one attached hydrogen (secondary N) is 2. The highest BCUT2D eigenvalue weighted by Crippen LogP contribution is 2.35. The van der Waals surface area contributed by atoms with E-state index in [-0.39, 0.29) is 25.3 Å². The number of likely N-dealkylation sites (tertiary alicyclic amines) is 1. The van der Waals surface area contributed by atoms with E-state index < -0.39 is 11.5 Å². The predicted molar refractivity (Wildman–Crippen MR) is 110 cm³/mol. The van der Waals surface area contributed by atoms with E-state index in [1.807, 2.05) is 23.1 Å². The van der Waals surface area contributed by atoms with Gasteiger partial charge in [0.1, 0.15) is 5.82 Å². The molecule has 0 saturated carbocycles. The van der Waals surface area contributed by atoms with E-state index in [4.69, 9.17) is 9.47 Å². The zero-order valence-corrected chi connectivity index (χ0v) is 16.9. The fourth-order valence-corrected chi connectivity index (χ4v) is 4.43. The fraction of sp³-hybridized carbons (Fsp3) is 0.364. The molecular weight excluding hydrogens is 403 g/mol. The maximum atomic E-state index is 13.4. The summed E-state index contributed by atoms with van der Waals surface area (Å²) in [5, 5.41) is 6.11. The van der Waals surface area contributed by atoms with Crippen LogP contribution in [-0.4, -0.2) is 53.8 Å². The van der Waals surface area contributed by atoms with Gasteiger partial charge in [-0.2, -0.15) is 0 Å². The molecule has 0 aromatic heterocycles. The molecule has 3 aliphatic heterocycles. The number of anilines is 1. The number of halogens is 1. The Morgan fingerprint density at radius 2 is 1.94 bits per heavy atom. The van der Waals surface area contributed by atoms with Gasteiger partial charge in [0.05, 0.1) is 12.2 Å². The van der Waals surface area contributed by atoms with Crippen LogP contribution >= 0.6 is 0 Å². The first kappa shape index (κ1) is 19.6. The van der Waals surface area contributed by atoms with E-state index >= 15 is 0 Å². The summed E-state index contributed by atoms with van der Waals surface area (Å²) in [5.41, 5.74) is 0.902. The van der Waals surface area contributed by atoms with E-state index in [0.717, 1.165) is 5.56 Å². The maximum Gasteiger partial charge on any atom is 0.321 e. The lowest BCUT2D eigenvalue weighted by atomic mass is 9.95. The molecular formula is C22H23FN4O4. The van der Waals surface area contributed by atoms with Gasteiger partial charge in [-0.15, -0.1) is 0 Å². The molecule has 0 aliphatic carbocycles. The normalized spacial score (nSPS) is 19.2.